The first kappa shape index (κ1) is 11.8. The normalized spacial score (nSPS) is 26.0. The molecule has 1 saturated carbocycles. The Labute approximate surface area is 100 Å². The van der Waals surface area contributed by atoms with Crippen LogP contribution < -0.4 is 10.5 Å². The maximum Gasteiger partial charge on any atom is 0.293 e. The fourth-order valence-corrected chi connectivity index (χ4v) is 2.57. The zero-order valence-electron chi connectivity index (χ0n) is 10.1. The van der Waals surface area contributed by atoms with Crippen LogP contribution in [0.25, 0.3) is 0 Å². The summed E-state index contributed by atoms with van der Waals surface area (Å²) in [4.78, 5) is 4.41. The van der Waals surface area contributed by atoms with Gasteiger partial charge in [-0.15, -0.1) is 0 Å². The second-order valence-corrected chi connectivity index (χ2v) is 6.10. The van der Waals surface area contributed by atoms with E-state index in [-0.39, 0.29) is 17.6 Å². The Kier molecular flexibility index (Phi) is 3.17. The van der Waals surface area contributed by atoms with E-state index < -0.39 is 0 Å². The lowest BCUT2D eigenvalue weighted by atomic mass is 9.96. The molecule has 1 aliphatic carbocycles. The maximum absolute atomic E-state index is 5.95. The summed E-state index contributed by atoms with van der Waals surface area (Å²) in [5.74, 6) is 0.846. The zero-order valence-corrected chi connectivity index (χ0v) is 10.9. The molecule has 2 unspecified atom stereocenters. The molecule has 2 atom stereocenters. The van der Waals surface area contributed by atoms with Crippen molar-refractivity contribution in [2.24, 2.45) is 5.73 Å². The van der Waals surface area contributed by atoms with Gasteiger partial charge in [0.05, 0.1) is 0 Å². The predicted molar refractivity (Wildman–Crippen MR) is 64.9 cm³/mol. The average molecular weight is 241 g/mol. The molecule has 4 nitrogen and oxygen atoms in total. The van der Waals surface area contributed by atoms with Crippen LogP contribution in [0.15, 0.2) is 0 Å². The van der Waals surface area contributed by atoms with Crippen molar-refractivity contribution < 1.29 is 4.74 Å². The highest BCUT2D eigenvalue weighted by atomic mass is 32.1. The van der Waals surface area contributed by atoms with Gasteiger partial charge < -0.3 is 10.5 Å². The summed E-state index contributed by atoms with van der Waals surface area (Å²) in [7, 11) is 0. The molecule has 0 amide bonds. The Bertz CT molecular complexity index is 358. The number of nitrogens with two attached hydrogens (primary N) is 1. The third kappa shape index (κ3) is 2.52. The van der Waals surface area contributed by atoms with E-state index in [1.807, 2.05) is 0 Å². The zero-order chi connectivity index (χ0) is 11.8. The van der Waals surface area contributed by atoms with Crippen LogP contribution in [-0.4, -0.2) is 21.5 Å². The Hall–Kier alpha value is -0.680. The van der Waals surface area contributed by atoms with Crippen molar-refractivity contribution in [2.45, 2.75) is 57.6 Å². The quantitative estimate of drug-likeness (QED) is 0.861. The van der Waals surface area contributed by atoms with Crippen molar-refractivity contribution >= 4 is 11.5 Å². The van der Waals surface area contributed by atoms with E-state index in [0.29, 0.717) is 5.19 Å². The van der Waals surface area contributed by atoms with E-state index in [9.17, 15) is 0 Å². The highest BCUT2D eigenvalue weighted by Gasteiger charge is 2.27. The first-order chi connectivity index (χ1) is 7.47. The molecular weight excluding hydrogens is 222 g/mol. The molecule has 1 aromatic heterocycles. The van der Waals surface area contributed by atoms with Gasteiger partial charge in [-0.3, -0.25) is 0 Å². The molecule has 0 aromatic carbocycles. The summed E-state index contributed by atoms with van der Waals surface area (Å²) in [5, 5.41) is 0.660. The van der Waals surface area contributed by atoms with Crippen molar-refractivity contribution in [3.63, 3.8) is 0 Å². The summed E-state index contributed by atoms with van der Waals surface area (Å²) in [5.41, 5.74) is 5.93. The van der Waals surface area contributed by atoms with Crippen LogP contribution in [0.2, 0.25) is 0 Å². The molecule has 0 saturated heterocycles. The second-order valence-electron chi connectivity index (χ2n) is 5.38. The number of nitrogens with zero attached hydrogens (tertiary/aromatic N) is 2. The van der Waals surface area contributed by atoms with Crippen molar-refractivity contribution in [3.8, 4) is 5.19 Å². The van der Waals surface area contributed by atoms with Gasteiger partial charge >= 0.3 is 0 Å². The van der Waals surface area contributed by atoms with Gasteiger partial charge in [0, 0.05) is 23.0 Å². The smallest absolute Gasteiger partial charge is 0.293 e. The summed E-state index contributed by atoms with van der Waals surface area (Å²) in [6, 6.07) is 0.155. The lowest BCUT2D eigenvalue weighted by Gasteiger charge is -2.15. The van der Waals surface area contributed by atoms with Crippen molar-refractivity contribution in [1.82, 2.24) is 9.36 Å². The molecule has 0 bridgehead atoms. The van der Waals surface area contributed by atoms with E-state index in [2.05, 4.69) is 30.1 Å². The number of hydrogen-bond acceptors (Lipinski definition) is 5. The molecule has 0 aliphatic heterocycles. The lowest BCUT2D eigenvalue weighted by molar-refractivity contribution is 0.190. The molecule has 16 heavy (non-hydrogen) atoms. The predicted octanol–water partition coefficient (Wildman–Crippen LogP) is 2.09. The molecule has 1 fully saturated rings. The molecule has 2 N–H and O–H groups in total. The average Bonchev–Trinajstić information content (AvgIpc) is 2.76. The van der Waals surface area contributed by atoms with Crippen LogP contribution in [0.5, 0.6) is 5.19 Å². The van der Waals surface area contributed by atoms with Crippen LogP contribution in [0.4, 0.5) is 0 Å². The van der Waals surface area contributed by atoms with Gasteiger partial charge in [0.2, 0.25) is 0 Å². The van der Waals surface area contributed by atoms with E-state index in [1.54, 1.807) is 0 Å². The molecule has 1 aromatic rings. The first-order valence-corrected chi connectivity index (χ1v) is 6.50. The van der Waals surface area contributed by atoms with E-state index in [4.69, 9.17) is 10.5 Å². The molecule has 1 aliphatic rings. The Morgan fingerprint density at radius 2 is 2.12 bits per heavy atom. The highest BCUT2D eigenvalue weighted by molar-refractivity contribution is 7.07. The van der Waals surface area contributed by atoms with Crippen molar-refractivity contribution in [3.05, 3.63) is 5.82 Å². The largest absolute Gasteiger partial charge is 0.464 e. The van der Waals surface area contributed by atoms with Crippen LogP contribution >= 0.6 is 11.5 Å². The maximum atomic E-state index is 5.95. The molecule has 5 heteroatoms. The SMILES string of the molecule is CC(C)(C)c1nsc(OC2CCCC2N)n1. The van der Waals surface area contributed by atoms with Crippen LogP contribution in [0.3, 0.4) is 0 Å². The number of ether oxygens (including phenoxy) is 1. The van der Waals surface area contributed by atoms with Gasteiger partial charge in [0.25, 0.3) is 5.19 Å². The number of hydrogen-bond donors (Lipinski definition) is 1. The minimum Gasteiger partial charge on any atom is -0.464 e. The number of rotatable bonds is 2. The van der Waals surface area contributed by atoms with Crippen LogP contribution in [-0.2, 0) is 5.41 Å². The second kappa shape index (κ2) is 4.30. The first-order valence-electron chi connectivity index (χ1n) is 5.73. The van der Waals surface area contributed by atoms with Gasteiger partial charge in [-0.2, -0.15) is 9.36 Å². The molecule has 2 rings (SSSR count). The minimum absolute atomic E-state index is 0.0180. The summed E-state index contributed by atoms with van der Waals surface area (Å²) < 4.78 is 10.1. The van der Waals surface area contributed by atoms with Gasteiger partial charge in [0.15, 0.2) is 5.82 Å². The topological polar surface area (TPSA) is 61.0 Å². The third-order valence-corrected chi connectivity index (χ3v) is 3.44. The summed E-state index contributed by atoms with van der Waals surface area (Å²) in [6.45, 7) is 6.29. The molecular formula is C11H19N3OS. The fraction of sp³-hybridized carbons (Fsp3) is 0.818. The van der Waals surface area contributed by atoms with E-state index in [1.165, 1.54) is 11.5 Å². The van der Waals surface area contributed by atoms with Crippen molar-refractivity contribution in [2.75, 3.05) is 0 Å². The fourth-order valence-electron chi connectivity index (χ4n) is 1.79. The summed E-state index contributed by atoms with van der Waals surface area (Å²) in [6.07, 6.45) is 3.36. The van der Waals surface area contributed by atoms with Gasteiger partial charge in [0.1, 0.15) is 6.10 Å². The monoisotopic (exact) mass is 241 g/mol. The van der Waals surface area contributed by atoms with Gasteiger partial charge in [-0.25, -0.2) is 0 Å². The van der Waals surface area contributed by atoms with Crippen molar-refractivity contribution in [1.29, 1.82) is 0 Å². The third-order valence-electron chi connectivity index (χ3n) is 2.83. The molecule has 90 valence electrons. The van der Waals surface area contributed by atoms with Gasteiger partial charge in [-0.05, 0) is 19.3 Å². The highest BCUT2D eigenvalue weighted by Crippen LogP contribution is 2.28. The Morgan fingerprint density at radius 1 is 1.38 bits per heavy atom. The summed E-state index contributed by atoms with van der Waals surface area (Å²) >= 11 is 1.33. The van der Waals surface area contributed by atoms with Crippen LogP contribution in [0.1, 0.15) is 45.9 Å². The standard InChI is InChI=1S/C11H19N3OS/c1-11(2,3)9-13-10(16-14-9)15-8-6-4-5-7(8)12/h7-8H,4-6,12H2,1-3H3. The van der Waals surface area contributed by atoms with E-state index >= 15 is 0 Å². The number of aromatic nitrogens is 2. The minimum atomic E-state index is -0.0180. The van der Waals surface area contributed by atoms with Gasteiger partial charge in [-0.1, -0.05) is 20.8 Å². The Balaban J connectivity index is 2.03. The van der Waals surface area contributed by atoms with Crippen LogP contribution in [0, 0.1) is 0 Å². The molecule has 0 spiro atoms. The van der Waals surface area contributed by atoms with E-state index in [0.717, 1.165) is 25.1 Å². The molecule has 1 heterocycles. The Morgan fingerprint density at radius 3 is 2.62 bits per heavy atom. The lowest BCUT2D eigenvalue weighted by Crippen LogP contribution is -2.33. The molecule has 0 radical (unpaired) electrons.